The molecule has 0 saturated carbocycles. The Morgan fingerprint density at radius 1 is 1.11 bits per heavy atom. The summed E-state index contributed by atoms with van der Waals surface area (Å²) in [5.74, 6) is -1.29. The molecule has 2 aromatic rings. The molecule has 7 nitrogen and oxygen atoms in total. The molecule has 7 heteroatoms. The van der Waals surface area contributed by atoms with Crippen molar-refractivity contribution in [2.24, 2.45) is 7.05 Å². The lowest BCUT2D eigenvalue weighted by atomic mass is 10.1. The van der Waals surface area contributed by atoms with Gasteiger partial charge in [-0.05, 0) is 49.2 Å². The van der Waals surface area contributed by atoms with Crippen molar-refractivity contribution in [3.63, 3.8) is 0 Å². The Kier molecular flexibility index (Phi) is 6.49. The molecule has 0 spiro atoms. The van der Waals surface area contributed by atoms with Gasteiger partial charge in [0.1, 0.15) is 0 Å². The maximum absolute atomic E-state index is 12.4. The van der Waals surface area contributed by atoms with Gasteiger partial charge < -0.3 is 19.9 Å². The van der Waals surface area contributed by atoms with E-state index in [1.807, 2.05) is 55.9 Å². The highest BCUT2D eigenvalue weighted by molar-refractivity contribution is 6.39. The Labute approximate surface area is 165 Å². The maximum Gasteiger partial charge on any atom is 0.313 e. The summed E-state index contributed by atoms with van der Waals surface area (Å²) in [6, 6.07) is 9.60. The second-order valence-corrected chi connectivity index (χ2v) is 7.17. The van der Waals surface area contributed by atoms with E-state index >= 15 is 0 Å². The normalized spacial score (nSPS) is 15.8. The highest BCUT2D eigenvalue weighted by Gasteiger charge is 2.26. The average Bonchev–Trinajstić information content (AvgIpc) is 3.11. The van der Waals surface area contributed by atoms with Crippen molar-refractivity contribution in [1.82, 2.24) is 14.8 Å². The lowest BCUT2D eigenvalue weighted by Crippen LogP contribution is -2.46. The molecule has 0 aliphatic carbocycles. The first kappa shape index (κ1) is 20.1. The average molecular weight is 384 g/mol. The van der Waals surface area contributed by atoms with Crippen LogP contribution in [-0.2, 0) is 21.4 Å². The van der Waals surface area contributed by atoms with Gasteiger partial charge in [0.05, 0.1) is 19.3 Å². The Bertz CT molecular complexity index is 840. The van der Waals surface area contributed by atoms with Gasteiger partial charge in [-0.3, -0.25) is 14.5 Å². The van der Waals surface area contributed by atoms with Crippen molar-refractivity contribution in [1.29, 1.82) is 0 Å². The largest absolute Gasteiger partial charge is 0.379 e. The topological polar surface area (TPSA) is 75.6 Å². The van der Waals surface area contributed by atoms with Crippen LogP contribution in [0, 0.1) is 13.8 Å². The first-order valence-corrected chi connectivity index (χ1v) is 9.55. The van der Waals surface area contributed by atoms with E-state index in [0.29, 0.717) is 25.4 Å². The highest BCUT2D eigenvalue weighted by Crippen LogP contribution is 2.21. The fourth-order valence-corrected chi connectivity index (χ4v) is 3.41. The molecule has 1 saturated heterocycles. The van der Waals surface area contributed by atoms with Crippen LogP contribution in [0.5, 0.6) is 0 Å². The van der Waals surface area contributed by atoms with E-state index in [9.17, 15) is 9.59 Å². The SMILES string of the molecule is Cc1ccc(NC(=O)C(=O)NC[C@H](c2cccn2C)N2CCOCC2)cc1C. The second kappa shape index (κ2) is 9.03. The first-order valence-electron chi connectivity index (χ1n) is 9.55. The van der Waals surface area contributed by atoms with Gasteiger partial charge in [-0.15, -0.1) is 0 Å². The third kappa shape index (κ3) is 4.79. The van der Waals surface area contributed by atoms with Gasteiger partial charge in [-0.1, -0.05) is 6.07 Å². The summed E-state index contributed by atoms with van der Waals surface area (Å²) in [4.78, 5) is 26.9. The predicted molar refractivity (Wildman–Crippen MR) is 108 cm³/mol. The maximum atomic E-state index is 12.4. The van der Waals surface area contributed by atoms with Crippen molar-refractivity contribution in [2.75, 3.05) is 38.2 Å². The summed E-state index contributed by atoms with van der Waals surface area (Å²) < 4.78 is 7.49. The molecule has 2 N–H and O–H groups in total. The van der Waals surface area contributed by atoms with Crippen LogP contribution in [0.1, 0.15) is 22.9 Å². The van der Waals surface area contributed by atoms with Crippen LogP contribution in [0.15, 0.2) is 36.5 Å². The van der Waals surface area contributed by atoms with Gasteiger partial charge in [0.15, 0.2) is 0 Å². The molecule has 1 aliphatic heterocycles. The molecule has 1 aromatic heterocycles. The molecule has 2 heterocycles. The molecular formula is C21H28N4O3. The minimum absolute atomic E-state index is 0.0118. The van der Waals surface area contributed by atoms with Crippen LogP contribution in [0.2, 0.25) is 0 Å². The van der Waals surface area contributed by atoms with Gasteiger partial charge in [0.25, 0.3) is 0 Å². The van der Waals surface area contributed by atoms with Gasteiger partial charge in [0, 0.05) is 44.3 Å². The van der Waals surface area contributed by atoms with Crippen LogP contribution in [0.3, 0.4) is 0 Å². The van der Waals surface area contributed by atoms with Crippen molar-refractivity contribution < 1.29 is 14.3 Å². The Balaban J connectivity index is 1.63. The van der Waals surface area contributed by atoms with E-state index in [1.54, 1.807) is 6.07 Å². The summed E-state index contributed by atoms with van der Waals surface area (Å²) in [5.41, 5.74) is 3.92. The van der Waals surface area contributed by atoms with Gasteiger partial charge in [-0.25, -0.2) is 0 Å². The Hall–Kier alpha value is -2.64. The number of anilines is 1. The van der Waals surface area contributed by atoms with Crippen LogP contribution in [-0.4, -0.2) is 54.1 Å². The number of aromatic nitrogens is 1. The fraction of sp³-hybridized carbons (Fsp3) is 0.429. The highest BCUT2D eigenvalue weighted by atomic mass is 16.5. The van der Waals surface area contributed by atoms with Crippen LogP contribution >= 0.6 is 0 Å². The molecule has 2 amide bonds. The number of ether oxygens (including phenoxy) is 1. The summed E-state index contributed by atoms with van der Waals surface area (Å²) in [6.45, 7) is 7.25. The van der Waals surface area contributed by atoms with Crippen molar-refractivity contribution in [2.45, 2.75) is 19.9 Å². The molecule has 0 unspecified atom stereocenters. The number of benzene rings is 1. The Morgan fingerprint density at radius 3 is 2.50 bits per heavy atom. The van der Waals surface area contributed by atoms with Gasteiger partial charge in [0.2, 0.25) is 0 Å². The molecular weight excluding hydrogens is 356 g/mol. The van der Waals surface area contributed by atoms with Crippen LogP contribution < -0.4 is 10.6 Å². The smallest absolute Gasteiger partial charge is 0.313 e. The lowest BCUT2D eigenvalue weighted by Gasteiger charge is -2.34. The number of hydrogen-bond donors (Lipinski definition) is 2. The zero-order valence-electron chi connectivity index (χ0n) is 16.7. The number of nitrogens with zero attached hydrogens (tertiary/aromatic N) is 2. The molecule has 3 rings (SSSR count). The standard InChI is InChI=1S/C21H28N4O3/c1-15-6-7-17(13-16(15)2)23-21(27)20(26)22-14-19(18-5-4-8-24(18)3)25-9-11-28-12-10-25/h4-8,13,19H,9-12,14H2,1-3H3,(H,22,26)(H,23,27)/t19-/m1/s1. The minimum atomic E-state index is -0.657. The van der Waals surface area contributed by atoms with E-state index in [4.69, 9.17) is 4.74 Å². The number of morpholine rings is 1. The monoisotopic (exact) mass is 384 g/mol. The quantitative estimate of drug-likeness (QED) is 0.771. The van der Waals surface area contributed by atoms with Crippen LogP contribution in [0.4, 0.5) is 5.69 Å². The van der Waals surface area contributed by atoms with Gasteiger partial charge >= 0.3 is 11.8 Å². The number of nitrogens with one attached hydrogen (secondary N) is 2. The first-order chi connectivity index (χ1) is 13.5. The number of amides is 2. The third-order valence-corrected chi connectivity index (χ3v) is 5.24. The third-order valence-electron chi connectivity index (χ3n) is 5.24. The van der Waals surface area contributed by atoms with E-state index in [1.165, 1.54) is 0 Å². The van der Waals surface area contributed by atoms with Crippen molar-refractivity contribution in [3.8, 4) is 0 Å². The molecule has 1 aromatic carbocycles. The second-order valence-electron chi connectivity index (χ2n) is 7.17. The minimum Gasteiger partial charge on any atom is -0.379 e. The summed E-state index contributed by atoms with van der Waals surface area (Å²) in [7, 11) is 1.98. The van der Waals surface area contributed by atoms with Gasteiger partial charge in [-0.2, -0.15) is 0 Å². The van der Waals surface area contributed by atoms with Crippen molar-refractivity contribution in [3.05, 3.63) is 53.3 Å². The number of carbonyl (C=O) groups is 2. The van der Waals surface area contributed by atoms with E-state index in [-0.39, 0.29) is 6.04 Å². The number of rotatable bonds is 5. The predicted octanol–water partition coefficient (Wildman–Crippen LogP) is 1.77. The Morgan fingerprint density at radius 2 is 1.86 bits per heavy atom. The molecule has 0 radical (unpaired) electrons. The fourth-order valence-electron chi connectivity index (χ4n) is 3.41. The van der Waals surface area contributed by atoms with E-state index in [0.717, 1.165) is 29.9 Å². The molecule has 1 aliphatic rings. The lowest BCUT2D eigenvalue weighted by molar-refractivity contribution is -0.136. The molecule has 1 fully saturated rings. The van der Waals surface area contributed by atoms with E-state index in [2.05, 4.69) is 15.5 Å². The summed E-state index contributed by atoms with van der Waals surface area (Å²) in [6.07, 6.45) is 1.98. The van der Waals surface area contributed by atoms with Crippen LogP contribution in [0.25, 0.3) is 0 Å². The zero-order valence-corrected chi connectivity index (χ0v) is 16.7. The number of carbonyl (C=O) groups excluding carboxylic acids is 2. The molecule has 0 bridgehead atoms. The zero-order chi connectivity index (χ0) is 20.1. The summed E-state index contributed by atoms with van der Waals surface area (Å²) in [5, 5.41) is 5.46. The number of aryl methyl sites for hydroxylation is 3. The van der Waals surface area contributed by atoms with Crippen molar-refractivity contribution >= 4 is 17.5 Å². The number of hydrogen-bond acceptors (Lipinski definition) is 4. The molecule has 28 heavy (non-hydrogen) atoms. The summed E-state index contributed by atoms with van der Waals surface area (Å²) >= 11 is 0. The molecule has 150 valence electrons. The van der Waals surface area contributed by atoms with E-state index < -0.39 is 11.8 Å². The molecule has 1 atom stereocenters.